The number of hydrogen-bond donors (Lipinski definition) is 0. The first-order valence-electron chi connectivity index (χ1n) is 9.40. The normalized spacial score (nSPS) is 12.4. The Morgan fingerprint density at radius 1 is 0.852 bits per heavy atom. The molecular formula is C25H24F2. The molecule has 3 rings (SSSR count). The maximum Gasteiger partial charge on any atom is 0.130 e. The van der Waals surface area contributed by atoms with Gasteiger partial charge in [0.15, 0.2) is 0 Å². The van der Waals surface area contributed by atoms with Gasteiger partial charge >= 0.3 is 0 Å². The molecule has 0 aliphatic rings. The smallest absolute Gasteiger partial charge is 0.130 e. The van der Waals surface area contributed by atoms with E-state index in [1.807, 2.05) is 72.8 Å². The summed E-state index contributed by atoms with van der Waals surface area (Å²) in [5.41, 5.74) is 4.20. The van der Waals surface area contributed by atoms with Crippen LogP contribution in [0.5, 0.6) is 0 Å². The van der Waals surface area contributed by atoms with Gasteiger partial charge in [-0.3, -0.25) is 0 Å². The van der Waals surface area contributed by atoms with Crippen molar-refractivity contribution in [2.75, 3.05) is 0 Å². The molecule has 0 aliphatic carbocycles. The zero-order valence-electron chi connectivity index (χ0n) is 15.5. The Balaban J connectivity index is 1.64. The van der Waals surface area contributed by atoms with Crippen LogP contribution in [-0.2, 0) is 12.8 Å². The summed E-state index contributed by atoms with van der Waals surface area (Å²) in [6.45, 7) is 2.08. The third kappa shape index (κ3) is 5.37. The van der Waals surface area contributed by atoms with Gasteiger partial charge in [0.05, 0.1) is 0 Å². The number of alkyl halides is 1. The van der Waals surface area contributed by atoms with Crippen LogP contribution in [0, 0.1) is 5.82 Å². The molecule has 0 unspecified atom stereocenters. The SMILES string of the molecule is CCCc1ccc(C=Cc2ccc(C[C@H](F)c3ccccc3)cc2)c(F)c1. The first kappa shape index (κ1) is 19.0. The molecule has 138 valence electrons. The molecule has 0 radical (unpaired) electrons. The summed E-state index contributed by atoms with van der Waals surface area (Å²) < 4.78 is 28.5. The molecular weight excluding hydrogens is 338 g/mol. The van der Waals surface area contributed by atoms with Crippen LogP contribution >= 0.6 is 0 Å². The lowest BCUT2D eigenvalue weighted by Crippen LogP contribution is -1.96. The zero-order chi connectivity index (χ0) is 19.1. The summed E-state index contributed by atoms with van der Waals surface area (Å²) >= 11 is 0. The minimum Gasteiger partial charge on any atom is -0.242 e. The molecule has 0 heterocycles. The Kier molecular flexibility index (Phi) is 6.54. The molecule has 0 spiro atoms. The molecule has 0 fully saturated rings. The number of rotatable bonds is 7. The quantitative estimate of drug-likeness (QED) is 0.390. The summed E-state index contributed by atoms with van der Waals surface area (Å²) in [6.07, 6.45) is 4.89. The van der Waals surface area contributed by atoms with Crippen LogP contribution < -0.4 is 0 Å². The van der Waals surface area contributed by atoms with Crippen molar-refractivity contribution in [3.63, 3.8) is 0 Å². The van der Waals surface area contributed by atoms with Crippen molar-refractivity contribution in [1.29, 1.82) is 0 Å². The van der Waals surface area contributed by atoms with Crippen molar-refractivity contribution >= 4 is 12.2 Å². The largest absolute Gasteiger partial charge is 0.242 e. The Morgan fingerprint density at radius 3 is 2.22 bits per heavy atom. The standard InChI is InChI=1S/C25H24F2/c1-2-6-20-14-16-23(25(27)17-20)15-13-19-9-11-21(12-10-19)18-24(26)22-7-4-3-5-8-22/h3-5,7-17,24H,2,6,18H2,1H3/t24-/m0/s1. The lowest BCUT2D eigenvalue weighted by molar-refractivity contribution is 0.342. The molecule has 1 atom stereocenters. The molecule has 3 aromatic carbocycles. The topological polar surface area (TPSA) is 0 Å². The van der Waals surface area contributed by atoms with E-state index in [1.54, 1.807) is 12.1 Å². The highest BCUT2D eigenvalue weighted by Gasteiger charge is 2.09. The molecule has 27 heavy (non-hydrogen) atoms. The van der Waals surface area contributed by atoms with Gasteiger partial charge in [0.2, 0.25) is 0 Å². The second-order valence-corrected chi connectivity index (χ2v) is 6.76. The monoisotopic (exact) mass is 362 g/mol. The van der Waals surface area contributed by atoms with Gasteiger partial charge in [0.25, 0.3) is 0 Å². The van der Waals surface area contributed by atoms with Crippen LogP contribution in [0.2, 0.25) is 0 Å². The lowest BCUT2D eigenvalue weighted by atomic mass is 10.0. The molecule has 0 saturated carbocycles. The van der Waals surface area contributed by atoms with E-state index in [2.05, 4.69) is 6.92 Å². The van der Waals surface area contributed by atoms with Crippen LogP contribution in [0.1, 0.15) is 47.3 Å². The number of benzene rings is 3. The van der Waals surface area contributed by atoms with E-state index in [9.17, 15) is 8.78 Å². The average molecular weight is 362 g/mol. The van der Waals surface area contributed by atoms with Crippen molar-refractivity contribution in [3.8, 4) is 0 Å². The van der Waals surface area contributed by atoms with Crippen molar-refractivity contribution in [2.24, 2.45) is 0 Å². The summed E-state index contributed by atoms with van der Waals surface area (Å²) in [5.74, 6) is -0.197. The van der Waals surface area contributed by atoms with Crippen LogP contribution in [0.15, 0.2) is 72.8 Å². The number of hydrogen-bond acceptors (Lipinski definition) is 0. The molecule has 2 heteroatoms. The van der Waals surface area contributed by atoms with E-state index >= 15 is 0 Å². The van der Waals surface area contributed by atoms with Crippen molar-refractivity contribution in [2.45, 2.75) is 32.4 Å². The molecule has 0 aliphatic heterocycles. The van der Waals surface area contributed by atoms with Gasteiger partial charge in [0, 0.05) is 12.0 Å². The van der Waals surface area contributed by atoms with E-state index in [1.165, 1.54) is 0 Å². The second kappa shape index (κ2) is 9.27. The molecule has 0 nitrogen and oxygen atoms in total. The summed E-state index contributed by atoms with van der Waals surface area (Å²) in [5, 5.41) is 0. The molecule has 0 bridgehead atoms. The maximum absolute atomic E-state index is 14.4. The van der Waals surface area contributed by atoms with E-state index in [-0.39, 0.29) is 5.82 Å². The lowest BCUT2D eigenvalue weighted by Gasteiger charge is -2.08. The van der Waals surface area contributed by atoms with Gasteiger partial charge in [-0.25, -0.2) is 8.78 Å². The molecule has 0 saturated heterocycles. The number of aryl methyl sites for hydroxylation is 1. The van der Waals surface area contributed by atoms with Crippen molar-refractivity contribution in [1.82, 2.24) is 0 Å². The predicted octanol–water partition coefficient (Wildman–Crippen LogP) is 7.20. The van der Waals surface area contributed by atoms with Gasteiger partial charge < -0.3 is 0 Å². The van der Waals surface area contributed by atoms with Crippen LogP contribution in [0.3, 0.4) is 0 Å². The minimum atomic E-state index is -1.01. The van der Waals surface area contributed by atoms with E-state index in [4.69, 9.17) is 0 Å². The summed E-state index contributed by atoms with van der Waals surface area (Å²) in [7, 11) is 0. The Morgan fingerprint density at radius 2 is 1.56 bits per heavy atom. The van der Waals surface area contributed by atoms with E-state index in [0.29, 0.717) is 17.5 Å². The third-order valence-electron chi connectivity index (χ3n) is 4.61. The highest BCUT2D eigenvalue weighted by atomic mass is 19.1. The first-order chi connectivity index (χ1) is 13.2. The molecule has 0 amide bonds. The fourth-order valence-corrected chi connectivity index (χ4v) is 3.09. The fraction of sp³-hybridized carbons (Fsp3) is 0.200. The van der Waals surface area contributed by atoms with Crippen molar-refractivity contribution < 1.29 is 8.78 Å². The van der Waals surface area contributed by atoms with Crippen LogP contribution in [-0.4, -0.2) is 0 Å². The van der Waals surface area contributed by atoms with Crippen LogP contribution in [0.4, 0.5) is 8.78 Å². The fourth-order valence-electron chi connectivity index (χ4n) is 3.09. The predicted molar refractivity (Wildman–Crippen MR) is 110 cm³/mol. The van der Waals surface area contributed by atoms with Crippen molar-refractivity contribution in [3.05, 3.63) is 106 Å². The van der Waals surface area contributed by atoms with Gasteiger partial charge in [-0.15, -0.1) is 0 Å². The molecule has 0 aromatic heterocycles. The second-order valence-electron chi connectivity index (χ2n) is 6.76. The molecule has 0 N–H and O–H groups in total. The van der Waals surface area contributed by atoms with Gasteiger partial charge in [-0.1, -0.05) is 92.2 Å². The summed E-state index contributed by atoms with van der Waals surface area (Å²) in [4.78, 5) is 0. The maximum atomic E-state index is 14.4. The number of halogens is 2. The van der Waals surface area contributed by atoms with E-state index in [0.717, 1.165) is 29.5 Å². The van der Waals surface area contributed by atoms with Crippen LogP contribution in [0.25, 0.3) is 12.2 Å². The average Bonchev–Trinajstić information content (AvgIpc) is 2.69. The Bertz CT molecular complexity index is 880. The Hall–Kier alpha value is -2.74. The summed E-state index contributed by atoms with van der Waals surface area (Å²) in [6, 6.07) is 22.3. The van der Waals surface area contributed by atoms with Gasteiger partial charge in [-0.05, 0) is 34.7 Å². The Labute approximate surface area is 160 Å². The first-order valence-corrected chi connectivity index (χ1v) is 9.40. The zero-order valence-corrected chi connectivity index (χ0v) is 15.5. The highest BCUT2D eigenvalue weighted by Crippen LogP contribution is 2.22. The third-order valence-corrected chi connectivity index (χ3v) is 4.61. The highest BCUT2D eigenvalue weighted by molar-refractivity contribution is 5.70. The van der Waals surface area contributed by atoms with Gasteiger partial charge in [-0.2, -0.15) is 0 Å². The van der Waals surface area contributed by atoms with Gasteiger partial charge in [0.1, 0.15) is 12.0 Å². The minimum absolute atomic E-state index is 0.197. The van der Waals surface area contributed by atoms with E-state index < -0.39 is 6.17 Å². The molecule has 3 aromatic rings.